The molecular formula is C10H19NO. The highest BCUT2D eigenvalue weighted by atomic mass is 16.5. The molecule has 1 aliphatic rings. The van der Waals surface area contributed by atoms with Crippen molar-refractivity contribution in [2.45, 2.75) is 38.8 Å². The van der Waals surface area contributed by atoms with Crippen LogP contribution in [0.15, 0.2) is 12.2 Å². The predicted molar refractivity (Wildman–Crippen MR) is 51.3 cm³/mol. The third-order valence-electron chi connectivity index (χ3n) is 2.33. The minimum atomic E-state index is 0.399. The van der Waals surface area contributed by atoms with Crippen LogP contribution in [0.3, 0.4) is 0 Å². The van der Waals surface area contributed by atoms with Crippen LogP contribution in [0.25, 0.3) is 0 Å². The Bertz CT molecular complexity index is 145. The molecule has 2 unspecified atom stereocenters. The Balaban J connectivity index is 2.06. The van der Waals surface area contributed by atoms with Crippen molar-refractivity contribution in [2.24, 2.45) is 0 Å². The highest BCUT2D eigenvalue weighted by Gasteiger charge is 2.22. The molecule has 0 aromatic rings. The van der Waals surface area contributed by atoms with Crippen LogP contribution < -0.4 is 5.32 Å². The van der Waals surface area contributed by atoms with Gasteiger partial charge in [0.1, 0.15) is 0 Å². The summed E-state index contributed by atoms with van der Waals surface area (Å²) in [4.78, 5) is 0. The molecule has 1 saturated heterocycles. The predicted octanol–water partition coefficient (Wildman–Crippen LogP) is 1.72. The third-order valence-corrected chi connectivity index (χ3v) is 2.33. The van der Waals surface area contributed by atoms with Gasteiger partial charge in [0, 0.05) is 12.6 Å². The number of allylic oxidation sites excluding steroid dienone is 1. The standard InChI is InChI=1S/C10H19NO/c1-3-4-5-7-11-10-6-8-12-9(10)2/h3-4,9-11H,5-8H2,1-2H3/b4-3+. The van der Waals surface area contributed by atoms with E-state index in [0.29, 0.717) is 12.1 Å². The first-order valence-corrected chi connectivity index (χ1v) is 4.80. The molecule has 0 saturated carbocycles. The molecule has 0 radical (unpaired) electrons. The monoisotopic (exact) mass is 169 g/mol. The van der Waals surface area contributed by atoms with Gasteiger partial charge in [0.25, 0.3) is 0 Å². The van der Waals surface area contributed by atoms with Crippen LogP contribution in [-0.4, -0.2) is 25.3 Å². The van der Waals surface area contributed by atoms with E-state index in [1.54, 1.807) is 0 Å². The number of ether oxygens (including phenoxy) is 1. The van der Waals surface area contributed by atoms with Gasteiger partial charge in [0.2, 0.25) is 0 Å². The second-order valence-electron chi connectivity index (χ2n) is 3.28. The fourth-order valence-electron chi connectivity index (χ4n) is 1.52. The lowest BCUT2D eigenvalue weighted by Crippen LogP contribution is -2.35. The van der Waals surface area contributed by atoms with Gasteiger partial charge < -0.3 is 10.1 Å². The number of hydrogen-bond donors (Lipinski definition) is 1. The first-order valence-electron chi connectivity index (χ1n) is 4.80. The summed E-state index contributed by atoms with van der Waals surface area (Å²) in [6.07, 6.45) is 6.97. The minimum absolute atomic E-state index is 0.399. The van der Waals surface area contributed by atoms with E-state index in [0.717, 1.165) is 26.0 Å². The summed E-state index contributed by atoms with van der Waals surface area (Å²) in [5.41, 5.74) is 0. The van der Waals surface area contributed by atoms with Gasteiger partial charge in [-0.2, -0.15) is 0 Å². The molecule has 0 amide bonds. The zero-order valence-electron chi connectivity index (χ0n) is 8.05. The van der Waals surface area contributed by atoms with Gasteiger partial charge in [-0.05, 0) is 33.2 Å². The SMILES string of the molecule is C/C=C/CCNC1CCOC1C. The van der Waals surface area contributed by atoms with Gasteiger partial charge in [-0.25, -0.2) is 0 Å². The lowest BCUT2D eigenvalue weighted by molar-refractivity contribution is 0.113. The van der Waals surface area contributed by atoms with Crippen LogP contribution in [0.4, 0.5) is 0 Å². The molecule has 2 heteroatoms. The normalized spacial score (nSPS) is 30.2. The Hall–Kier alpha value is -0.340. The Labute approximate surface area is 75.0 Å². The van der Waals surface area contributed by atoms with E-state index in [2.05, 4.69) is 31.3 Å². The summed E-state index contributed by atoms with van der Waals surface area (Å²) in [5.74, 6) is 0. The lowest BCUT2D eigenvalue weighted by atomic mass is 10.1. The van der Waals surface area contributed by atoms with Gasteiger partial charge in [-0.3, -0.25) is 0 Å². The van der Waals surface area contributed by atoms with Crippen molar-refractivity contribution in [3.05, 3.63) is 12.2 Å². The van der Waals surface area contributed by atoms with Gasteiger partial charge in [0.15, 0.2) is 0 Å². The maximum absolute atomic E-state index is 5.44. The summed E-state index contributed by atoms with van der Waals surface area (Å²) in [5, 5.41) is 3.49. The molecule has 0 aromatic carbocycles. The second-order valence-corrected chi connectivity index (χ2v) is 3.28. The van der Waals surface area contributed by atoms with Crippen molar-refractivity contribution < 1.29 is 4.74 Å². The molecule has 2 nitrogen and oxygen atoms in total. The van der Waals surface area contributed by atoms with E-state index in [1.807, 2.05) is 0 Å². The van der Waals surface area contributed by atoms with Crippen LogP contribution in [0.2, 0.25) is 0 Å². The van der Waals surface area contributed by atoms with Crippen molar-refractivity contribution >= 4 is 0 Å². The molecule has 1 rings (SSSR count). The van der Waals surface area contributed by atoms with Crippen LogP contribution in [0, 0.1) is 0 Å². The van der Waals surface area contributed by atoms with Crippen LogP contribution in [0.1, 0.15) is 26.7 Å². The molecule has 1 fully saturated rings. The molecule has 1 aliphatic heterocycles. The van der Waals surface area contributed by atoms with E-state index in [4.69, 9.17) is 4.74 Å². The van der Waals surface area contributed by atoms with Crippen LogP contribution >= 0.6 is 0 Å². The zero-order chi connectivity index (χ0) is 8.81. The van der Waals surface area contributed by atoms with Crippen molar-refractivity contribution in [1.29, 1.82) is 0 Å². The number of nitrogens with one attached hydrogen (secondary N) is 1. The van der Waals surface area contributed by atoms with E-state index in [1.165, 1.54) is 0 Å². The van der Waals surface area contributed by atoms with Crippen LogP contribution in [-0.2, 0) is 4.74 Å². The second kappa shape index (κ2) is 5.33. The highest BCUT2D eigenvalue weighted by Crippen LogP contribution is 2.12. The summed E-state index contributed by atoms with van der Waals surface area (Å²) >= 11 is 0. The van der Waals surface area contributed by atoms with Crippen LogP contribution in [0.5, 0.6) is 0 Å². The molecular weight excluding hydrogens is 150 g/mol. The average molecular weight is 169 g/mol. The van der Waals surface area contributed by atoms with E-state index >= 15 is 0 Å². The summed E-state index contributed by atoms with van der Waals surface area (Å²) in [7, 11) is 0. The van der Waals surface area contributed by atoms with Gasteiger partial charge in [-0.1, -0.05) is 12.2 Å². The third kappa shape index (κ3) is 2.95. The maximum Gasteiger partial charge on any atom is 0.0700 e. The average Bonchev–Trinajstić information content (AvgIpc) is 2.46. The van der Waals surface area contributed by atoms with E-state index in [9.17, 15) is 0 Å². The maximum atomic E-state index is 5.44. The number of rotatable bonds is 4. The number of hydrogen-bond acceptors (Lipinski definition) is 2. The first-order chi connectivity index (χ1) is 5.84. The Kier molecular flexibility index (Phi) is 4.33. The van der Waals surface area contributed by atoms with E-state index < -0.39 is 0 Å². The molecule has 0 aromatic heterocycles. The molecule has 2 atom stereocenters. The fraction of sp³-hybridized carbons (Fsp3) is 0.800. The molecule has 0 bridgehead atoms. The molecule has 1 N–H and O–H groups in total. The Morgan fingerprint density at radius 2 is 2.42 bits per heavy atom. The lowest BCUT2D eigenvalue weighted by Gasteiger charge is -2.14. The summed E-state index contributed by atoms with van der Waals surface area (Å²) in [6.45, 7) is 6.19. The first kappa shape index (κ1) is 9.75. The fourth-order valence-corrected chi connectivity index (χ4v) is 1.52. The Morgan fingerprint density at radius 3 is 3.00 bits per heavy atom. The largest absolute Gasteiger partial charge is 0.377 e. The summed E-state index contributed by atoms with van der Waals surface area (Å²) in [6, 6.07) is 0.579. The smallest absolute Gasteiger partial charge is 0.0700 e. The Morgan fingerprint density at radius 1 is 1.58 bits per heavy atom. The minimum Gasteiger partial charge on any atom is -0.377 e. The molecule has 1 heterocycles. The van der Waals surface area contributed by atoms with Gasteiger partial charge in [-0.15, -0.1) is 0 Å². The van der Waals surface area contributed by atoms with Crippen molar-refractivity contribution in [1.82, 2.24) is 5.32 Å². The van der Waals surface area contributed by atoms with Crippen molar-refractivity contribution in [3.63, 3.8) is 0 Å². The molecule has 0 aliphatic carbocycles. The topological polar surface area (TPSA) is 21.3 Å². The summed E-state index contributed by atoms with van der Waals surface area (Å²) < 4.78 is 5.44. The van der Waals surface area contributed by atoms with Crippen molar-refractivity contribution in [3.8, 4) is 0 Å². The quantitative estimate of drug-likeness (QED) is 0.511. The zero-order valence-corrected chi connectivity index (χ0v) is 8.05. The van der Waals surface area contributed by atoms with Gasteiger partial charge in [0.05, 0.1) is 6.10 Å². The molecule has 12 heavy (non-hydrogen) atoms. The van der Waals surface area contributed by atoms with Gasteiger partial charge >= 0.3 is 0 Å². The van der Waals surface area contributed by atoms with Crippen molar-refractivity contribution in [2.75, 3.05) is 13.2 Å². The molecule has 0 spiro atoms. The molecule has 70 valence electrons. The highest BCUT2D eigenvalue weighted by molar-refractivity contribution is 4.82. The van der Waals surface area contributed by atoms with E-state index in [-0.39, 0.29) is 0 Å².